The molecule has 2 aromatic heterocycles. The molecular weight excluding hydrogens is 306 g/mol. The number of thiol groups is 1. The van der Waals surface area contributed by atoms with Gasteiger partial charge in [0.1, 0.15) is 11.5 Å². The van der Waals surface area contributed by atoms with Gasteiger partial charge in [-0.2, -0.15) is 22.6 Å². The van der Waals surface area contributed by atoms with Gasteiger partial charge in [-0.15, -0.1) is 0 Å². The van der Waals surface area contributed by atoms with Crippen LogP contribution in [0.1, 0.15) is 13.3 Å². The average molecular weight is 326 g/mol. The first-order chi connectivity index (χ1) is 10.1. The fourth-order valence-electron chi connectivity index (χ4n) is 2.98. The van der Waals surface area contributed by atoms with Crippen LogP contribution in [0.5, 0.6) is 0 Å². The van der Waals surface area contributed by atoms with Crippen molar-refractivity contribution < 1.29 is 0 Å². The Morgan fingerprint density at radius 3 is 3.10 bits per heavy atom. The van der Waals surface area contributed by atoms with Crippen LogP contribution < -0.4 is 4.90 Å². The van der Waals surface area contributed by atoms with Crippen LogP contribution in [-0.4, -0.2) is 57.8 Å². The normalized spacial score (nSPS) is 23.6. The molecule has 0 bridgehead atoms. The van der Waals surface area contributed by atoms with E-state index >= 15 is 0 Å². The second kappa shape index (κ2) is 6.02. The summed E-state index contributed by atoms with van der Waals surface area (Å²) in [6.45, 7) is 5.37. The van der Waals surface area contributed by atoms with Crippen LogP contribution in [0.15, 0.2) is 12.3 Å². The van der Waals surface area contributed by atoms with Gasteiger partial charge >= 0.3 is 0 Å². The molecule has 1 aliphatic heterocycles. The van der Waals surface area contributed by atoms with Crippen LogP contribution in [0.4, 0.5) is 5.82 Å². The molecule has 114 valence electrons. The molecule has 1 aliphatic rings. The molecule has 2 aromatic rings. The molecule has 1 fully saturated rings. The number of nitrogens with one attached hydrogen (secondary N) is 1. The number of fused-ring (bicyclic) bond motifs is 1. The van der Waals surface area contributed by atoms with Gasteiger partial charge in [0, 0.05) is 25.0 Å². The first kappa shape index (κ1) is 14.9. The summed E-state index contributed by atoms with van der Waals surface area (Å²) >= 11 is 10.8. The molecule has 3 heterocycles. The Labute approximate surface area is 135 Å². The average Bonchev–Trinajstić information content (AvgIpc) is 2.94. The van der Waals surface area contributed by atoms with E-state index in [-0.39, 0.29) is 5.28 Å². The molecule has 3 rings (SSSR count). The van der Waals surface area contributed by atoms with Crippen LogP contribution in [0, 0.1) is 0 Å². The van der Waals surface area contributed by atoms with Gasteiger partial charge in [0.2, 0.25) is 5.28 Å². The molecule has 0 saturated carbocycles. The van der Waals surface area contributed by atoms with E-state index in [1.165, 1.54) is 0 Å². The molecule has 1 N–H and O–H groups in total. The first-order valence-corrected chi connectivity index (χ1v) is 8.13. The predicted octanol–water partition coefficient (Wildman–Crippen LogP) is 2.44. The monoisotopic (exact) mass is 325 g/mol. The van der Waals surface area contributed by atoms with Crippen LogP contribution in [-0.2, 0) is 0 Å². The SMILES string of the molecule is CCN1CC[C@@H](S)C(N(C)c2nc(Cl)nc3[nH]ccc23)C1. The molecule has 2 atom stereocenters. The van der Waals surface area contributed by atoms with Gasteiger partial charge < -0.3 is 14.8 Å². The van der Waals surface area contributed by atoms with E-state index in [1.54, 1.807) is 0 Å². The quantitative estimate of drug-likeness (QED) is 0.672. The van der Waals surface area contributed by atoms with Crippen molar-refractivity contribution in [1.82, 2.24) is 19.9 Å². The topological polar surface area (TPSA) is 48.1 Å². The van der Waals surface area contributed by atoms with E-state index in [0.717, 1.165) is 42.9 Å². The highest BCUT2D eigenvalue weighted by Crippen LogP contribution is 2.29. The minimum absolute atomic E-state index is 0.269. The summed E-state index contributed by atoms with van der Waals surface area (Å²) in [5.74, 6) is 0.869. The molecule has 0 radical (unpaired) electrons. The van der Waals surface area contributed by atoms with Crippen molar-refractivity contribution in [2.45, 2.75) is 24.6 Å². The van der Waals surface area contributed by atoms with E-state index in [4.69, 9.17) is 24.2 Å². The number of hydrogen-bond donors (Lipinski definition) is 2. The molecule has 1 saturated heterocycles. The van der Waals surface area contributed by atoms with E-state index in [0.29, 0.717) is 11.3 Å². The maximum absolute atomic E-state index is 6.06. The van der Waals surface area contributed by atoms with Gasteiger partial charge in [0.15, 0.2) is 0 Å². The number of rotatable bonds is 3. The maximum Gasteiger partial charge on any atom is 0.226 e. The van der Waals surface area contributed by atoms with Gasteiger partial charge in [-0.05, 0) is 37.2 Å². The molecule has 0 aromatic carbocycles. The van der Waals surface area contributed by atoms with Crippen molar-refractivity contribution in [3.8, 4) is 0 Å². The zero-order valence-electron chi connectivity index (χ0n) is 12.3. The van der Waals surface area contributed by atoms with Gasteiger partial charge in [-0.25, -0.2) is 0 Å². The highest BCUT2D eigenvalue weighted by atomic mass is 35.5. The number of likely N-dealkylation sites (N-methyl/N-ethyl adjacent to an activating group) is 2. The van der Waals surface area contributed by atoms with Crippen molar-refractivity contribution in [1.29, 1.82) is 0 Å². The third-order valence-corrected chi connectivity index (χ3v) is 5.05. The van der Waals surface area contributed by atoms with Crippen LogP contribution in [0.3, 0.4) is 0 Å². The zero-order valence-corrected chi connectivity index (χ0v) is 13.9. The van der Waals surface area contributed by atoms with Crippen molar-refractivity contribution in [2.75, 3.05) is 31.6 Å². The summed E-state index contributed by atoms with van der Waals surface area (Å²) < 4.78 is 0. The number of piperidine rings is 1. The van der Waals surface area contributed by atoms with Crippen LogP contribution in [0.25, 0.3) is 11.0 Å². The predicted molar refractivity (Wildman–Crippen MR) is 90.6 cm³/mol. The third-order valence-electron chi connectivity index (χ3n) is 4.28. The Balaban J connectivity index is 1.95. The lowest BCUT2D eigenvalue weighted by Crippen LogP contribution is -2.52. The van der Waals surface area contributed by atoms with Crippen molar-refractivity contribution in [2.24, 2.45) is 0 Å². The number of H-pyrrole nitrogens is 1. The second-order valence-electron chi connectivity index (χ2n) is 5.48. The fourth-order valence-corrected chi connectivity index (χ4v) is 3.55. The lowest BCUT2D eigenvalue weighted by atomic mass is 10.0. The standard InChI is InChI=1S/C14H20ClN5S/c1-3-20-7-5-11(21)10(8-20)19(2)13-9-4-6-16-12(9)17-14(15)18-13/h4,6,10-11,21H,3,5,7-8H2,1-2H3,(H,16,17,18)/t10?,11-/m1/s1. The Morgan fingerprint density at radius 1 is 1.52 bits per heavy atom. The first-order valence-electron chi connectivity index (χ1n) is 7.24. The summed E-state index contributed by atoms with van der Waals surface area (Å²) in [5.41, 5.74) is 0.774. The molecule has 0 spiro atoms. The van der Waals surface area contributed by atoms with E-state index < -0.39 is 0 Å². The number of nitrogens with zero attached hydrogens (tertiary/aromatic N) is 4. The van der Waals surface area contributed by atoms with E-state index in [1.807, 2.05) is 12.3 Å². The minimum Gasteiger partial charge on any atom is -0.354 e. The number of likely N-dealkylation sites (tertiary alicyclic amines) is 1. The highest BCUT2D eigenvalue weighted by molar-refractivity contribution is 7.81. The highest BCUT2D eigenvalue weighted by Gasteiger charge is 2.31. The van der Waals surface area contributed by atoms with Crippen molar-refractivity contribution >= 4 is 41.1 Å². The zero-order chi connectivity index (χ0) is 15.0. The van der Waals surface area contributed by atoms with Crippen molar-refractivity contribution in [3.05, 3.63) is 17.5 Å². The number of hydrogen-bond acceptors (Lipinski definition) is 5. The lowest BCUT2D eigenvalue weighted by molar-refractivity contribution is 0.221. The molecular formula is C14H20ClN5S. The Morgan fingerprint density at radius 2 is 2.33 bits per heavy atom. The molecule has 0 aliphatic carbocycles. The van der Waals surface area contributed by atoms with Crippen LogP contribution in [0.2, 0.25) is 5.28 Å². The molecule has 5 nitrogen and oxygen atoms in total. The van der Waals surface area contributed by atoms with Gasteiger partial charge in [0.05, 0.1) is 11.4 Å². The lowest BCUT2D eigenvalue weighted by Gasteiger charge is -2.41. The smallest absolute Gasteiger partial charge is 0.226 e. The van der Waals surface area contributed by atoms with E-state index in [9.17, 15) is 0 Å². The third kappa shape index (κ3) is 2.84. The number of halogens is 1. The number of aromatic nitrogens is 3. The summed E-state index contributed by atoms with van der Waals surface area (Å²) in [4.78, 5) is 16.4. The van der Waals surface area contributed by atoms with Gasteiger partial charge in [-0.3, -0.25) is 0 Å². The van der Waals surface area contributed by atoms with Gasteiger partial charge in [0.25, 0.3) is 0 Å². The van der Waals surface area contributed by atoms with Crippen molar-refractivity contribution in [3.63, 3.8) is 0 Å². The second-order valence-corrected chi connectivity index (χ2v) is 6.49. The Bertz CT molecular complexity index is 631. The molecule has 0 amide bonds. The largest absolute Gasteiger partial charge is 0.354 e. The minimum atomic E-state index is 0.269. The number of aromatic amines is 1. The molecule has 7 heteroatoms. The summed E-state index contributed by atoms with van der Waals surface area (Å²) in [6, 6.07) is 2.30. The number of anilines is 1. The Kier molecular flexibility index (Phi) is 4.28. The van der Waals surface area contributed by atoms with Gasteiger partial charge in [-0.1, -0.05) is 6.92 Å². The maximum atomic E-state index is 6.06. The molecule has 21 heavy (non-hydrogen) atoms. The summed E-state index contributed by atoms with van der Waals surface area (Å²) in [5, 5.41) is 1.60. The van der Waals surface area contributed by atoms with Crippen LogP contribution >= 0.6 is 24.2 Å². The summed E-state index contributed by atoms with van der Waals surface area (Å²) in [6.07, 6.45) is 2.95. The summed E-state index contributed by atoms with van der Waals surface area (Å²) in [7, 11) is 2.07. The fraction of sp³-hybridized carbons (Fsp3) is 0.571. The molecule has 1 unspecified atom stereocenters. The van der Waals surface area contributed by atoms with E-state index in [2.05, 4.69) is 38.7 Å². The Hall–Kier alpha value is -0.980.